The zero-order chi connectivity index (χ0) is 17.4. The molecule has 1 amide bonds. The molecule has 0 aliphatic carbocycles. The van der Waals surface area contributed by atoms with E-state index >= 15 is 0 Å². The summed E-state index contributed by atoms with van der Waals surface area (Å²) in [6.07, 6.45) is 0. The Morgan fingerprint density at radius 1 is 1.29 bits per heavy atom. The van der Waals surface area contributed by atoms with E-state index in [1.165, 1.54) is 0 Å². The Morgan fingerprint density at radius 3 is 2.67 bits per heavy atom. The van der Waals surface area contributed by atoms with Gasteiger partial charge in [-0.3, -0.25) is 10.1 Å². The van der Waals surface area contributed by atoms with Crippen molar-refractivity contribution in [2.45, 2.75) is 13.8 Å². The molecule has 0 radical (unpaired) electrons. The highest BCUT2D eigenvalue weighted by Crippen LogP contribution is 2.30. The Balaban J connectivity index is 1.85. The summed E-state index contributed by atoms with van der Waals surface area (Å²) < 4.78 is 32.1. The number of nitrogens with zero attached hydrogens (tertiary/aromatic N) is 1. The van der Waals surface area contributed by atoms with Gasteiger partial charge in [-0.2, -0.15) is 0 Å². The maximum absolute atomic E-state index is 13.7. The number of aromatic nitrogens is 1. The molecule has 2 aromatic heterocycles. The van der Waals surface area contributed by atoms with E-state index in [1.54, 1.807) is 12.3 Å². The number of thiazole rings is 1. The molecule has 0 spiro atoms. The number of rotatable bonds is 3. The molecule has 0 saturated heterocycles. The first-order valence-electron chi connectivity index (χ1n) is 6.87. The molecular formula is C16H12F2N2O3S. The first kappa shape index (κ1) is 16.1. The Hall–Kier alpha value is -2.74. The van der Waals surface area contributed by atoms with Crippen LogP contribution in [0, 0.1) is 25.5 Å². The second kappa shape index (κ2) is 6.04. The molecule has 0 aliphatic heterocycles. The number of halogens is 2. The van der Waals surface area contributed by atoms with E-state index in [-0.39, 0.29) is 5.13 Å². The van der Waals surface area contributed by atoms with Crippen molar-refractivity contribution < 1.29 is 23.1 Å². The number of aromatic hydroxyl groups is 1. The molecule has 0 unspecified atom stereocenters. The average molecular weight is 350 g/mol. The van der Waals surface area contributed by atoms with E-state index in [2.05, 4.69) is 10.3 Å². The van der Waals surface area contributed by atoms with Gasteiger partial charge in [0.25, 0.3) is 5.91 Å². The van der Waals surface area contributed by atoms with Gasteiger partial charge in [0.1, 0.15) is 34.5 Å². The minimum atomic E-state index is -1.15. The number of carbonyl (C=O) groups is 1. The minimum Gasteiger partial charge on any atom is -0.507 e. The molecule has 3 aromatic rings. The summed E-state index contributed by atoms with van der Waals surface area (Å²) in [5, 5.41) is 13.9. The van der Waals surface area contributed by atoms with Gasteiger partial charge in [-0.05, 0) is 19.9 Å². The van der Waals surface area contributed by atoms with Crippen LogP contribution in [-0.4, -0.2) is 16.0 Å². The third-order valence-corrected chi connectivity index (χ3v) is 4.06. The predicted molar refractivity (Wildman–Crippen MR) is 85.3 cm³/mol. The van der Waals surface area contributed by atoms with Gasteiger partial charge in [0.2, 0.25) is 0 Å². The van der Waals surface area contributed by atoms with Crippen LogP contribution in [0.4, 0.5) is 13.9 Å². The van der Waals surface area contributed by atoms with Crippen molar-refractivity contribution in [1.82, 2.24) is 4.98 Å². The van der Waals surface area contributed by atoms with Crippen molar-refractivity contribution in [2.24, 2.45) is 0 Å². The van der Waals surface area contributed by atoms with Crippen LogP contribution in [0.3, 0.4) is 0 Å². The zero-order valence-corrected chi connectivity index (χ0v) is 13.5. The van der Waals surface area contributed by atoms with Crippen LogP contribution in [0.1, 0.15) is 21.9 Å². The standard InChI is InChI=1S/C16H12F2N2O3S/c1-7-3-10(8(2)23-7)12-6-24-16(19-12)20-15(22)14-11(18)4-9(17)5-13(14)21/h3-6,21H,1-2H3,(H,19,20,22). The average Bonchev–Trinajstić information content (AvgIpc) is 3.03. The number of amides is 1. The number of nitrogens with one attached hydrogen (secondary N) is 1. The van der Waals surface area contributed by atoms with Crippen LogP contribution in [0.2, 0.25) is 0 Å². The van der Waals surface area contributed by atoms with E-state index in [0.717, 1.165) is 22.7 Å². The van der Waals surface area contributed by atoms with Crippen molar-refractivity contribution in [1.29, 1.82) is 0 Å². The maximum Gasteiger partial charge on any atom is 0.264 e. The van der Waals surface area contributed by atoms with Gasteiger partial charge in [-0.15, -0.1) is 11.3 Å². The third-order valence-electron chi connectivity index (χ3n) is 3.30. The summed E-state index contributed by atoms with van der Waals surface area (Å²) in [7, 11) is 0. The number of hydrogen-bond acceptors (Lipinski definition) is 5. The molecule has 0 saturated carbocycles. The highest BCUT2D eigenvalue weighted by atomic mass is 32.1. The molecule has 2 N–H and O–H groups in total. The van der Waals surface area contributed by atoms with Crippen LogP contribution in [0.5, 0.6) is 5.75 Å². The van der Waals surface area contributed by atoms with E-state index in [9.17, 15) is 18.7 Å². The lowest BCUT2D eigenvalue weighted by atomic mass is 10.1. The van der Waals surface area contributed by atoms with Crippen molar-refractivity contribution >= 4 is 22.4 Å². The van der Waals surface area contributed by atoms with Gasteiger partial charge in [0, 0.05) is 23.1 Å². The molecule has 24 heavy (non-hydrogen) atoms. The number of furan rings is 1. The zero-order valence-electron chi connectivity index (χ0n) is 12.7. The quantitative estimate of drug-likeness (QED) is 0.740. The van der Waals surface area contributed by atoms with Gasteiger partial charge in [0.05, 0.1) is 5.69 Å². The van der Waals surface area contributed by atoms with Gasteiger partial charge < -0.3 is 9.52 Å². The number of aryl methyl sites for hydroxylation is 2. The number of benzene rings is 1. The lowest BCUT2D eigenvalue weighted by Gasteiger charge is -2.05. The van der Waals surface area contributed by atoms with E-state index in [1.807, 2.05) is 13.0 Å². The van der Waals surface area contributed by atoms with Crippen molar-refractivity contribution in [3.63, 3.8) is 0 Å². The summed E-state index contributed by atoms with van der Waals surface area (Å²) in [4.78, 5) is 16.3. The Kier molecular flexibility index (Phi) is 4.06. The van der Waals surface area contributed by atoms with Crippen LogP contribution >= 0.6 is 11.3 Å². The molecule has 0 aliphatic rings. The number of hydrogen-bond donors (Lipinski definition) is 2. The van der Waals surface area contributed by atoms with Crippen molar-refractivity contribution in [3.05, 3.63) is 52.3 Å². The van der Waals surface area contributed by atoms with Gasteiger partial charge in [-0.25, -0.2) is 13.8 Å². The van der Waals surface area contributed by atoms with Crippen molar-refractivity contribution in [2.75, 3.05) is 5.32 Å². The molecule has 2 heterocycles. The van der Waals surface area contributed by atoms with Gasteiger partial charge in [-0.1, -0.05) is 0 Å². The molecule has 0 atom stereocenters. The second-order valence-electron chi connectivity index (χ2n) is 5.10. The number of phenolic OH excluding ortho intramolecular Hbond substituents is 1. The lowest BCUT2D eigenvalue weighted by Crippen LogP contribution is -2.14. The monoisotopic (exact) mass is 350 g/mol. The molecular weight excluding hydrogens is 338 g/mol. The smallest absolute Gasteiger partial charge is 0.264 e. The van der Waals surface area contributed by atoms with Gasteiger partial charge >= 0.3 is 0 Å². The minimum absolute atomic E-state index is 0.219. The predicted octanol–water partition coefficient (Wildman–Crippen LogP) is 4.26. The third kappa shape index (κ3) is 3.00. The van der Waals surface area contributed by atoms with Crippen LogP contribution in [-0.2, 0) is 0 Å². The lowest BCUT2D eigenvalue weighted by molar-refractivity contribution is 0.102. The first-order valence-corrected chi connectivity index (χ1v) is 7.75. The fraction of sp³-hybridized carbons (Fsp3) is 0.125. The largest absolute Gasteiger partial charge is 0.507 e. The fourth-order valence-electron chi connectivity index (χ4n) is 2.28. The normalized spacial score (nSPS) is 10.8. The first-order chi connectivity index (χ1) is 11.3. The van der Waals surface area contributed by atoms with E-state index < -0.39 is 28.9 Å². The Bertz CT molecular complexity index is 910. The van der Waals surface area contributed by atoms with Crippen LogP contribution in [0.25, 0.3) is 11.3 Å². The second-order valence-corrected chi connectivity index (χ2v) is 5.96. The molecule has 5 nitrogen and oxygen atoms in total. The molecule has 124 valence electrons. The molecule has 8 heteroatoms. The molecule has 3 rings (SSSR count). The van der Waals surface area contributed by atoms with E-state index in [0.29, 0.717) is 23.6 Å². The maximum atomic E-state index is 13.7. The van der Waals surface area contributed by atoms with Gasteiger partial charge in [0.15, 0.2) is 5.13 Å². The fourth-order valence-corrected chi connectivity index (χ4v) is 2.99. The summed E-state index contributed by atoms with van der Waals surface area (Å²) in [6.45, 7) is 3.61. The Morgan fingerprint density at radius 2 is 2.04 bits per heavy atom. The highest BCUT2D eigenvalue weighted by Gasteiger charge is 2.20. The molecule has 0 fully saturated rings. The summed E-state index contributed by atoms with van der Waals surface area (Å²) >= 11 is 1.14. The number of phenols is 1. The molecule has 1 aromatic carbocycles. The summed E-state index contributed by atoms with van der Waals surface area (Å²) in [5.41, 5.74) is 0.761. The topological polar surface area (TPSA) is 75.4 Å². The number of anilines is 1. The SMILES string of the molecule is Cc1cc(-c2csc(NC(=O)c3c(O)cc(F)cc3F)n2)c(C)o1. The molecule has 0 bridgehead atoms. The summed E-state index contributed by atoms with van der Waals surface area (Å²) in [6, 6.07) is 3.02. The van der Waals surface area contributed by atoms with E-state index in [4.69, 9.17) is 4.42 Å². The number of carbonyl (C=O) groups excluding carboxylic acids is 1. The van der Waals surface area contributed by atoms with Crippen LogP contribution in [0.15, 0.2) is 28.0 Å². The Labute approximate surface area is 139 Å². The summed E-state index contributed by atoms with van der Waals surface area (Å²) in [5.74, 6) is -2.38. The van der Waals surface area contributed by atoms with Crippen LogP contribution < -0.4 is 5.32 Å². The highest BCUT2D eigenvalue weighted by molar-refractivity contribution is 7.14. The van der Waals surface area contributed by atoms with Crippen molar-refractivity contribution in [3.8, 4) is 17.0 Å².